The quantitative estimate of drug-likeness (QED) is 0.0152. The van der Waals surface area contributed by atoms with Crippen molar-refractivity contribution in [2.45, 2.75) is 21.6 Å². The molecular weight excluding hydrogens is 774 g/mol. The number of phenolic OH excluding ortho intramolecular Hbond substituents is 4. The number of aromatic hydroxyl groups is 4. The molecular formula is C24H21Cu2N5O12S3. The normalized spacial score (nSPS) is 12.0. The van der Waals surface area contributed by atoms with Crippen LogP contribution in [-0.2, 0) is 63.5 Å². The summed E-state index contributed by atoms with van der Waals surface area (Å²) in [6, 6.07) is 8.53. The van der Waals surface area contributed by atoms with Gasteiger partial charge in [-0.1, -0.05) is 12.0 Å². The van der Waals surface area contributed by atoms with Crippen LogP contribution in [0.3, 0.4) is 0 Å². The van der Waals surface area contributed by atoms with Crippen molar-refractivity contribution in [3.8, 4) is 23.0 Å². The van der Waals surface area contributed by atoms with Gasteiger partial charge in [0.25, 0.3) is 10.1 Å². The molecule has 17 nitrogen and oxygen atoms in total. The van der Waals surface area contributed by atoms with E-state index in [-0.39, 0.29) is 83.2 Å². The van der Waals surface area contributed by atoms with E-state index >= 15 is 0 Å². The van der Waals surface area contributed by atoms with Gasteiger partial charge in [0, 0.05) is 51.7 Å². The van der Waals surface area contributed by atoms with Crippen molar-refractivity contribution >= 4 is 71.2 Å². The molecule has 0 fully saturated rings. The number of phenols is 4. The molecule has 0 bridgehead atoms. The van der Waals surface area contributed by atoms with Crippen molar-refractivity contribution in [2.75, 3.05) is 11.5 Å². The monoisotopic (exact) mass is 793 g/mol. The minimum atomic E-state index is -4.72. The smallest absolute Gasteiger partial charge is 0.296 e. The predicted octanol–water partition coefficient (Wildman–Crippen LogP) is 5.54. The summed E-state index contributed by atoms with van der Waals surface area (Å²) < 4.78 is 61.4. The number of benzene rings is 4. The first-order valence-electron chi connectivity index (χ1n) is 11.8. The van der Waals surface area contributed by atoms with Gasteiger partial charge in [-0.25, -0.2) is 13.7 Å². The molecule has 4 aromatic rings. The SMILES string of the molecule is CCS(=O)(=O)c1ccc(O)c(N=Nc2cc(O)c(N=Nc3c(SOOO)cc4cc(S(=O)(=O)O)c(N)cc4c3O)cc2O)c1.[Cu].[Cu]. The Labute approximate surface area is 285 Å². The summed E-state index contributed by atoms with van der Waals surface area (Å²) in [6.45, 7) is 1.44. The standard InChI is InChI=1S/C24H21N5O12S3.2Cu/c1-2-43(35,36)12-3-4-18(30)15(7-12)26-27-16-9-20(32)17(10-19(16)31)28-29-23-21(42-41-40-34)5-11-6-22(44(37,38)39)14(25)8-13(11)24(23)33;;/h3-10,30-34H,2,25H2,1H3,(H,37,38,39);;. The number of azo groups is 2. The van der Waals surface area contributed by atoms with Gasteiger partial charge in [0.1, 0.15) is 44.9 Å². The fourth-order valence-electron chi connectivity index (χ4n) is 3.70. The molecule has 0 aromatic heterocycles. The van der Waals surface area contributed by atoms with Crippen LogP contribution in [0.2, 0.25) is 0 Å². The summed E-state index contributed by atoms with van der Waals surface area (Å²) in [5, 5.41) is 69.2. The van der Waals surface area contributed by atoms with Gasteiger partial charge >= 0.3 is 0 Å². The third-order valence-electron chi connectivity index (χ3n) is 5.89. The number of nitrogens with two attached hydrogens (primary N) is 1. The van der Waals surface area contributed by atoms with E-state index in [2.05, 4.69) is 29.8 Å². The Balaban J connectivity index is 0.00000368. The van der Waals surface area contributed by atoms with Crippen molar-refractivity contribution in [2.24, 2.45) is 20.5 Å². The van der Waals surface area contributed by atoms with Crippen LogP contribution in [0, 0.1) is 0 Å². The zero-order valence-electron chi connectivity index (χ0n) is 22.7. The van der Waals surface area contributed by atoms with E-state index in [1.54, 1.807) is 0 Å². The molecule has 46 heavy (non-hydrogen) atoms. The Morgan fingerprint density at radius 2 is 1.37 bits per heavy atom. The molecule has 22 heteroatoms. The second-order valence-corrected chi connectivity index (χ2v) is 13.1. The van der Waals surface area contributed by atoms with E-state index in [4.69, 9.17) is 11.0 Å². The van der Waals surface area contributed by atoms with E-state index in [0.717, 1.165) is 36.4 Å². The fourth-order valence-corrected chi connectivity index (χ4v) is 5.72. The number of nitrogens with zero attached hydrogens (tertiary/aromatic N) is 4. The minimum absolute atomic E-state index is 0. The van der Waals surface area contributed by atoms with Crippen molar-refractivity contribution in [3.05, 3.63) is 48.5 Å². The zero-order chi connectivity index (χ0) is 32.4. The average Bonchev–Trinajstić information content (AvgIpc) is 2.96. The maximum Gasteiger partial charge on any atom is 0.296 e. The topological polar surface area (TPSA) is 284 Å². The second-order valence-electron chi connectivity index (χ2n) is 8.67. The third kappa shape index (κ3) is 8.43. The summed E-state index contributed by atoms with van der Waals surface area (Å²) >= 11 is 0.321. The zero-order valence-corrected chi connectivity index (χ0v) is 27.0. The van der Waals surface area contributed by atoms with Gasteiger partial charge in [0.15, 0.2) is 15.6 Å². The van der Waals surface area contributed by atoms with E-state index < -0.39 is 53.5 Å². The van der Waals surface area contributed by atoms with Crippen molar-refractivity contribution in [1.82, 2.24) is 0 Å². The van der Waals surface area contributed by atoms with Crippen LogP contribution in [0.25, 0.3) is 10.8 Å². The summed E-state index contributed by atoms with van der Waals surface area (Å²) in [7, 11) is -8.34. The number of rotatable bonds is 10. The largest absolute Gasteiger partial charge is 0.506 e. The van der Waals surface area contributed by atoms with E-state index in [0.29, 0.717) is 12.0 Å². The van der Waals surface area contributed by atoms with E-state index in [9.17, 15) is 41.8 Å². The molecule has 4 rings (SSSR count). The average molecular weight is 795 g/mol. The van der Waals surface area contributed by atoms with Gasteiger partial charge < -0.3 is 26.2 Å². The molecule has 0 saturated carbocycles. The molecule has 0 unspecified atom stereocenters. The van der Waals surface area contributed by atoms with Gasteiger partial charge in [-0.2, -0.15) is 8.42 Å². The fraction of sp³-hybridized carbons (Fsp3) is 0.0833. The number of anilines is 1. The molecule has 0 heterocycles. The van der Waals surface area contributed by atoms with Crippen LogP contribution in [-0.4, -0.2) is 52.8 Å². The Kier molecular flexibility index (Phi) is 12.9. The van der Waals surface area contributed by atoms with Gasteiger partial charge in [-0.15, -0.1) is 24.8 Å². The van der Waals surface area contributed by atoms with Crippen LogP contribution < -0.4 is 5.73 Å². The van der Waals surface area contributed by atoms with E-state index in [1.165, 1.54) is 19.1 Å². The molecule has 4 aromatic carbocycles. The Bertz CT molecular complexity index is 2060. The molecule has 2 radical (unpaired) electrons. The maximum atomic E-state index is 12.1. The van der Waals surface area contributed by atoms with Gasteiger partial charge in [0.05, 0.1) is 33.3 Å². The Morgan fingerprint density at radius 3 is 1.91 bits per heavy atom. The van der Waals surface area contributed by atoms with Crippen molar-refractivity contribution < 1.29 is 90.6 Å². The van der Waals surface area contributed by atoms with E-state index in [1.807, 2.05) is 0 Å². The molecule has 0 aliphatic heterocycles. The van der Waals surface area contributed by atoms with Crippen molar-refractivity contribution in [1.29, 1.82) is 0 Å². The second kappa shape index (κ2) is 15.4. The number of nitrogen functional groups attached to an aromatic ring is 1. The summed E-state index contributed by atoms with van der Waals surface area (Å²) in [4.78, 5) is -0.845. The Hall–Kier alpha value is -3.53. The molecule has 0 amide bonds. The van der Waals surface area contributed by atoms with Crippen LogP contribution in [0.4, 0.5) is 28.4 Å². The van der Waals surface area contributed by atoms with Crippen LogP contribution in [0.5, 0.6) is 23.0 Å². The van der Waals surface area contributed by atoms with Crippen LogP contribution in [0.1, 0.15) is 6.92 Å². The first-order valence-corrected chi connectivity index (χ1v) is 15.7. The summed E-state index contributed by atoms with van der Waals surface area (Å²) in [5.41, 5.74) is 4.13. The number of sulfone groups is 1. The third-order valence-corrected chi connectivity index (χ3v) is 9.16. The first-order chi connectivity index (χ1) is 20.7. The molecule has 0 aliphatic carbocycles. The minimum Gasteiger partial charge on any atom is -0.506 e. The molecule has 0 spiro atoms. The Morgan fingerprint density at radius 1 is 0.804 bits per heavy atom. The number of fused-ring (bicyclic) bond motifs is 1. The van der Waals surface area contributed by atoms with Gasteiger partial charge in [-0.3, -0.25) is 4.55 Å². The number of hydrogen-bond donors (Lipinski definition) is 7. The molecule has 254 valence electrons. The molecule has 0 saturated heterocycles. The first kappa shape index (κ1) is 38.7. The molecule has 8 N–H and O–H groups in total. The number of hydrogen-bond acceptors (Lipinski definition) is 17. The van der Waals surface area contributed by atoms with Crippen molar-refractivity contribution in [3.63, 3.8) is 0 Å². The van der Waals surface area contributed by atoms with Gasteiger partial charge in [-0.05, 0) is 41.8 Å². The van der Waals surface area contributed by atoms with Crippen LogP contribution >= 0.6 is 12.0 Å². The molecule has 0 atom stereocenters. The van der Waals surface area contributed by atoms with Gasteiger partial charge in [0.2, 0.25) is 0 Å². The predicted molar refractivity (Wildman–Crippen MR) is 154 cm³/mol. The molecule has 0 aliphatic rings. The summed E-state index contributed by atoms with van der Waals surface area (Å²) in [5.74, 6) is -2.35. The summed E-state index contributed by atoms with van der Waals surface area (Å²) in [6.07, 6.45) is 0. The maximum absolute atomic E-state index is 12.1. The van der Waals surface area contributed by atoms with Crippen LogP contribution in [0.15, 0.2) is 83.7 Å².